The summed E-state index contributed by atoms with van der Waals surface area (Å²) in [6, 6.07) is 1.42. The molecule has 1 aliphatic heterocycles. The van der Waals surface area contributed by atoms with Crippen molar-refractivity contribution in [2.45, 2.75) is 219 Å². The van der Waals surface area contributed by atoms with E-state index >= 15 is 0 Å². The lowest BCUT2D eigenvalue weighted by atomic mass is 10.1. The lowest BCUT2D eigenvalue weighted by molar-refractivity contribution is -0.0277. The molecule has 1 rings (SSSR count). The van der Waals surface area contributed by atoms with Gasteiger partial charge in [0.25, 0.3) is 0 Å². The van der Waals surface area contributed by atoms with Crippen LogP contribution in [0.2, 0.25) is 0 Å². The van der Waals surface area contributed by atoms with Gasteiger partial charge in [-0.1, -0.05) is 140 Å². The number of likely N-dealkylation sites (tertiary alicyclic amines) is 1. The molecule has 0 radical (unpaired) electrons. The summed E-state index contributed by atoms with van der Waals surface area (Å²) < 4.78 is 12.6. The van der Waals surface area contributed by atoms with E-state index in [2.05, 4.69) is 81.2 Å². The lowest BCUT2D eigenvalue weighted by Crippen LogP contribution is -2.36. The maximum atomic E-state index is 6.45. The first-order valence-corrected chi connectivity index (χ1v) is 21.7. The molecule has 1 saturated heterocycles. The van der Waals surface area contributed by atoms with Crippen LogP contribution in [0.4, 0.5) is 0 Å². The minimum atomic E-state index is 0.238. The average Bonchev–Trinajstić information content (AvgIpc) is 3.43. The van der Waals surface area contributed by atoms with Gasteiger partial charge in [0, 0.05) is 31.8 Å². The molecule has 1 fully saturated rings. The normalized spacial score (nSPS) is 18.0. The standard InChI is InChI=1S/C46H85NO2/c1-5-7-9-11-13-15-17-19-21-23-25-27-29-31-33-35-41-48-43-46(39-40-47-44(3)37-38-45(47)4)49-42-36-34-32-30-28-26-24-22-20-18-16-14-12-10-8-6-2/h13-16,19-22,44-46H,5-12,17-18,23-43H2,1-4H3/b15-13+,16-14+,21-19+,22-20+. The van der Waals surface area contributed by atoms with Crippen molar-refractivity contribution in [3.05, 3.63) is 48.6 Å². The highest BCUT2D eigenvalue weighted by atomic mass is 16.5. The van der Waals surface area contributed by atoms with Crippen molar-refractivity contribution in [1.29, 1.82) is 0 Å². The topological polar surface area (TPSA) is 21.7 Å². The summed E-state index contributed by atoms with van der Waals surface area (Å²) in [5.74, 6) is 0. The van der Waals surface area contributed by atoms with Gasteiger partial charge in [-0.15, -0.1) is 0 Å². The number of nitrogens with zero attached hydrogens (tertiary/aromatic N) is 1. The van der Waals surface area contributed by atoms with E-state index in [0.717, 1.165) is 45.6 Å². The molecule has 0 aromatic heterocycles. The molecule has 0 aromatic carbocycles. The molecular formula is C46H85NO2. The second-order valence-electron chi connectivity index (χ2n) is 15.0. The first kappa shape index (κ1) is 45.9. The van der Waals surface area contributed by atoms with Gasteiger partial charge < -0.3 is 9.47 Å². The molecule has 0 aromatic rings. The predicted molar refractivity (Wildman–Crippen MR) is 219 cm³/mol. The number of allylic oxidation sites excluding steroid dienone is 8. The summed E-state index contributed by atoms with van der Waals surface area (Å²) in [4.78, 5) is 2.69. The van der Waals surface area contributed by atoms with Crippen LogP contribution in [0, 0.1) is 0 Å². The van der Waals surface area contributed by atoms with Crippen molar-refractivity contribution >= 4 is 0 Å². The van der Waals surface area contributed by atoms with Gasteiger partial charge in [0.1, 0.15) is 0 Å². The van der Waals surface area contributed by atoms with Crippen LogP contribution in [0.25, 0.3) is 0 Å². The SMILES string of the molecule is CCCCC/C=C/C/C=C/CCCCCCCCOCC(CCN1C(C)CCC1C)OCCCCCCCC/C=C/C/C=C/CCCCC. The van der Waals surface area contributed by atoms with Crippen molar-refractivity contribution < 1.29 is 9.47 Å². The lowest BCUT2D eigenvalue weighted by Gasteiger charge is -2.28. The van der Waals surface area contributed by atoms with Gasteiger partial charge in [-0.05, 0) is 110 Å². The number of unbranched alkanes of at least 4 members (excludes halogenated alkanes) is 18. The largest absolute Gasteiger partial charge is 0.379 e. The Balaban J connectivity index is 2.08. The molecule has 1 aliphatic rings. The van der Waals surface area contributed by atoms with Crippen molar-refractivity contribution in [2.75, 3.05) is 26.4 Å². The maximum Gasteiger partial charge on any atom is 0.0820 e. The summed E-state index contributed by atoms with van der Waals surface area (Å²) in [7, 11) is 0. The van der Waals surface area contributed by atoms with Crippen LogP contribution in [0.3, 0.4) is 0 Å². The Morgan fingerprint density at radius 2 is 0.918 bits per heavy atom. The smallest absolute Gasteiger partial charge is 0.0820 e. The number of rotatable bonds is 36. The van der Waals surface area contributed by atoms with E-state index in [1.807, 2.05) is 0 Å². The summed E-state index contributed by atoms with van der Waals surface area (Å²) in [6.07, 6.45) is 53.7. The molecule has 0 saturated carbocycles. The highest BCUT2D eigenvalue weighted by molar-refractivity contribution is 4.93. The molecule has 1 heterocycles. The molecule has 286 valence electrons. The van der Waals surface area contributed by atoms with Crippen molar-refractivity contribution in [3.63, 3.8) is 0 Å². The van der Waals surface area contributed by atoms with Crippen LogP contribution in [-0.4, -0.2) is 49.5 Å². The quantitative estimate of drug-likeness (QED) is 0.0485. The Kier molecular flexibility index (Phi) is 34.3. The van der Waals surface area contributed by atoms with Gasteiger partial charge in [-0.3, -0.25) is 4.90 Å². The third-order valence-corrected chi connectivity index (χ3v) is 10.3. The molecule has 0 bridgehead atoms. The average molecular weight is 684 g/mol. The monoisotopic (exact) mass is 684 g/mol. The maximum absolute atomic E-state index is 6.45. The van der Waals surface area contributed by atoms with E-state index in [0.29, 0.717) is 12.1 Å². The summed E-state index contributed by atoms with van der Waals surface area (Å²) >= 11 is 0. The molecule has 0 spiro atoms. The third-order valence-electron chi connectivity index (χ3n) is 10.3. The van der Waals surface area contributed by atoms with E-state index in [1.54, 1.807) is 0 Å². The van der Waals surface area contributed by atoms with E-state index in [9.17, 15) is 0 Å². The van der Waals surface area contributed by atoms with Gasteiger partial charge in [-0.2, -0.15) is 0 Å². The van der Waals surface area contributed by atoms with Crippen molar-refractivity contribution in [3.8, 4) is 0 Å². The fourth-order valence-electron chi connectivity index (χ4n) is 6.94. The Labute approximate surface area is 307 Å². The van der Waals surface area contributed by atoms with E-state index in [-0.39, 0.29) is 6.10 Å². The highest BCUT2D eigenvalue weighted by Crippen LogP contribution is 2.24. The van der Waals surface area contributed by atoms with E-state index < -0.39 is 0 Å². The van der Waals surface area contributed by atoms with E-state index in [4.69, 9.17) is 9.47 Å². The molecule has 3 unspecified atom stereocenters. The fourth-order valence-corrected chi connectivity index (χ4v) is 6.94. The van der Waals surface area contributed by atoms with Crippen LogP contribution in [0.15, 0.2) is 48.6 Å². The minimum absolute atomic E-state index is 0.238. The Hall–Kier alpha value is -1.16. The highest BCUT2D eigenvalue weighted by Gasteiger charge is 2.27. The number of hydrogen-bond acceptors (Lipinski definition) is 3. The van der Waals surface area contributed by atoms with Crippen molar-refractivity contribution in [1.82, 2.24) is 4.90 Å². The molecule has 3 nitrogen and oxygen atoms in total. The molecule has 0 aliphatic carbocycles. The molecule has 3 heteroatoms. The molecule has 0 amide bonds. The zero-order valence-electron chi connectivity index (χ0n) is 33.5. The molecular weight excluding hydrogens is 599 g/mol. The second kappa shape index (κ2) is 36.6. The van der Waals surface area contributed by atoms with Gasteiger partial charge in [0.15, 0.2) is 0 Å². The summed E-state index contributed by atoms with van der Waals surface area (Å²) in [5.41, 5.74) is 0. The van der Waals surface area contributed by atoms with Gasteiger partial charge >= 0.3 is 0 Å². The molecule has 3 atom stereocenters. The third kappa shape index (κ3) is 30.2. The first-order chi connectivity index (χ1) is 24.2. The second-order valence-corrected chi connectivity index (χ2v) is 15.0. The Bertz CT molecular complexity index is 776. The first-order valence-electron chi connectivity index (χ1n) is 21.7. The van der Waals surface area contributed by atoms with Gasteiger partial charge in [0.2, 0.25) is 0 Å². The fraction of sp³-hybridized carbons (Fsp3) is 0.826. The zero-order valence-corrected chi connectivity index (χ0v) is 33.5. The van der Waals surface area contributed by atoms with Crippen LogP contribution >= 0.6 is 0 Å². The Morgan fingerprint density at radius 3 is 1.39 bits per heavy atom. The number of hydrogen-bond donors (Lipinski definition) is 0. The predicted octanol–water partition coefficient (Wildman–Crippen LogP) is 14.3. The molecule has 49 heavy (non-hydrogen) atoms. The zero-order chi connectivity index (χ0) is 35.3. The van der Waals surface area contributed by atoms with Crippen LogP contribution < -0.4 is 0 Å². The minimum Gasteiger partial charge on any atom is -0.379 e. The Morgan fingerprint density at radius 1 is 0.510 bits per heavy atom. The van der Waals surface area contributed by atoms with Crippen LogP contribution in [0.1, 0.15) is 201 Å². The number of ether oxygens (including phenoxy) is 2. The van der Waals surface area contributed by atoms with Crippen molar-refractivity contribution in [2.24, 2.45) is 0 Å². The van der Waals surface area contributed by atoms with Crippen LogP contribution in [-0.2, 0) is 9.47 Å². The van der Waals surface area contributed by atoms with E-state index in [1.165, 1.54) is 154 Å². The summed E-state index contributed by atoms with van der Waals surface area (Å²) in [5, 5.41) is 0. The molecule has 0 N–H and O–H groups in total. The van der Waals surface area contributed by atoms with Crippen LogP contribution in [0.5, 0.6) is 0 Å². The van der Waals surface area contributed by atoms with Gasteiger partial charge in [-0.25, -0.2) is 0 Å². The summed E-state index contributed by atoms with van der Waals surface area (Å²) in [6.45, 7) is 13.0. The van der Waals surface area contributed by atoms with Gasteiger partial charge in [0.05, 0.1) is 12.7 Å².